The van der Waals surface area contributed by atoms with Gasteiger partial charge in [0.2, 0.25) is 0 Å². The van der Waals surface area contributed by atoms with Crippen molar-refractivity contribution >= 4 is 24.8 Å². The molecule has 116 valence electrons. The second kappa shape index (κ2) is 8.22. The molecule has 1 fully saturated rings. The van der Waals surface area contributed by atoms with Crippen molar-refractivity contribution in [2.24, 2.45) is 0 Å². The summed E-state index contributed by atoms with van der Waals surface area (Å²) in [5.41, 5.74) is 0. The molecule has 20 heavy (non-hydrogen) atoms. The molecule has 1 rings (SSSR count). The fourth-order valence-corrected chi connectivity index (χ4v) is 3.50. The summed E-state index contributed by atoms with van der Waals surface area (Å²) >= 11 is 4.90. The number of carbonyl (C=O) groups excluding carboxylic acids is 1. The Bertz CT molecular complexity index is 390. The normalized spacial score (nSPS) is 26.1. The average molecular weight is 323 g/mol. The Morgan fingerprint density at radius 2 is 2.25 bits per heavy atom. The highest BCUT2D eigenvalue weighted by Gasteiger charge is 2.29. The number of hydrogen-bond donors (Lipinski definition) is 1. The molecule has 1 aliphatic rings. The van der Waals surface area contributed by atoms with E-state index in [1.807, 2.05) is 11.9 Å². The van der Waals surface area contributed by atoms with Gasteiger partial charge in [0.25, 0.3) is 0 Å². The van der Waals surface area contributed by atoms with Gasteiger partial charge < -0.3 is 23.6 Å². The lowest BCUT2D eigenvalue weighted by Gasteiger charge is -2.23. The fraction of sp³-hybridized carbons (Fsp3) is 0.750. The first kappa shape index (κ1) is 17.8. The number of nitrogens with zero attached hydrogens (tertiary/aromatic N) is 1. The number of hydrogen-bond acceptors (Lipinski definition) is 6. The molecule has 0 aromatic rings. The molecule has 0 aromatic heterocycles. The highest BCUT2D eigenvalue weighted by atomic mass is 32.5. The third kappa shape index (κ3) is 6.43. The van der Waals surface area contributed by atoms with E-state index in [2.05, 4.69) is 0 Å². The monoisotopic (exact) mass is 323 g/mol. The van der Waals surface area contributed by atoms with Gasteiger partial charge >= 0.3 is 6.72 Å². The highest BCUT2D eigenvalue weighted by Crippen LogP contribution is 2.45. The van der Waals surface area contributed by atoms with Gasteiger partial charge in [-0.05, 0) is 44.6 Å². The van der Waals surface area contributed by atoms with Crippen molar-refractivity contribution in [1.29, 1.82) is 0 Å². The van der Waals surface area contributed by atoms with Crippen molar-refractivity contribution in [2.45, 2.75) is 45.1 Å². The molecule has 0 aromatic carbocycles. The molecule has 6 nitrogen and oxygen atoms in total. The van der Waals surface area contributed by atoms with Crippen LogP contribution in [0.1, 0.15) is 26.7 Å². The Balaban J connectivity index is 2.36. The summed E-state index contributed by atoms with van der Waals surface area (Å²) in [5.74, 6) is 0. The minimum atomic E-state index is -3.18. The zero-order valence-electron chi connectivity index (χ0n) is 12.0. The molecule has 0 amide bonds. The van der Waals surface area contributed by atoms with Crippen LogP contribution in [0.5, 0.6) is 0 Å². The van der Waals surface area contributed by atoms with Crippen LogP contribution in [0.4, 0.5) is 0 Å². The van der Waals surface area contributed by atoms with E-state index in [4.69, 9.17) is 25.6 Å². The van der Waals surface area contributed by atoms with Crippen LogP contribution in [-0.2, 0) is 30.4 Å². The summed E-state index contributed by atoms with van der Waals surface area (Å²) in [4.78, 5) is 21.9. The van der Waals surface area contributed by atoms with E-state index in [9.17, 15) is 9.69 Å². The predicted octanol–water partition coefficient (Wildman–Crippen LogP) is 1.79. The second-order valence-electron chi connectivity index (χ2n) is 4.85. The summed E-state index contributed by atoms with van der Waals surface area (Å²) in [6.45, 7) is 0.605. The molecule has 0 radical (unpaired) electrons. The van der Waals surface area contributed by atoms with Gasteiger partial charge in [0.15, 0.2) is 0 Å². The van der Waals surface area contributed by atoms with Crippen molar-refractivity contribution in [3.8, 4) is 0 Å². The van der Waals surface area contributed by atoms with E-state index in [1.54, 1.807) is 20.0 Å². The van der Waals surface area contributed by atoms with E-state index >= 15 is 0 Å². The van der Waals surface area contributed by atoms with Crippen LogP contribution in [0.25, 0.3) is 0 Å². The first-order chi connectivity index (χ1) is 9.34. The summed E-state index contributed by atoms with van der Waals surface area (Å²) in [6, 6.07) is 0. The molecule has 1 heterocycles. The van der Waals surface area contributed by atoms with Crippen LogP contribution < -0.4 is 0 Å². The van der Waals surface area contributed by atoms with Gasteiger partial charge in [0, 0.05) is 13.2 Å². The summed E-state index contributed by atoms with van der Waals surface area (Å²) in [5, 5.41) is 0. The number of aldehydes is 1. The number of ether oxygens (including phenoxy) is 1. The van der Waals surface area contributed by atoms with Gasteiger partial charge in [-0.2, -0.15) is 0 Å². The van der Waals surface area contributed by atoms with Crippen molar-refractivity contribution in [1.82, 2.24) is 4.90 Å². The van der Waals surface area contributed by atoms with Gasteiger partial charge in [0.1, 0.15) is 12.5 Å². The zero-order valence-corrected chi connectivity index (χ0v) is 13.7. The van der Waals surface area contributed by atoms with E-state index < -0.39 is 6.72 Å². The van der Waals surface area contributed by atoms with Gasteiger partial charge in [-0.15, -0.1) is 0 Å². The van der Waals surface area contributed by atoms with Gasteiger partial charge in [-0.1, -0.05) is 0 Å². The van der Waals surface area contributed by atoms with Crippen LogP contribution in [0.2, 0.25) is 0 Å². The SMILES string of the molecule is CC(C)OP(O)(=S)OCC1CCC(N(C)/C=C\C=O)O1. The first-order valence-electron chi connectivity index (χ1n) is 6.49. The maximum Gasteiger partial charge on any atom is 0.324 e. The molecule has 0 bridgehead atoms. The molecule has 8 heteroatoms. The third-order valence-electron chi connectivity index (χ3n) is 2.71. The molecule has 3 unspecified atom stereocenters. The van der Waals surface area contributed by atoms with Crippen molar-refractivity contribution < 1.29 is 23.5 Å². The Morgan fingerprint density at radius 3 is 2.85 bits per heavy atom. The van der Waals surface area contributed by atoms with Crippen molar-refractivity contribution in [2.75, 3.05) is 13.7 Å². The second-order valence-corrected chi connectivity index (χ2v) is 7.64. The van der Waals surface area contributed by atoms with E-state index in [0.717, 1.165) is 19.1 Å². The number of rotatable bonds is 8. The first-order valence-corrected chi connectivity index (χ1v) is 9.08. The molecule has 0 aliphatic carbocycles. The predicted molar refractivity (Wildman–Crippen MR) is 79.5 cm³/mol. The molecular weight excluding hydrogens is 301 g/mol. The standard InChI is InChI=1S/C12H22NO5PS/c1-10(2)18-19(15,20)16-9-11-5-6-12(17-11)13(3)7-4-8-14/h4,7-8,10-12H,5-6,9H2,1-3H3,(H,15,20)/b7-4-. The van der Waals surface area contributed by atoms with E-state index in [0.29, 0.717) is 0 Å². The largest absolute Gasteiger partial charge is 0.355 e. The topological polar surface area (TPSA) is 68.2 Å². The highest BCUT2D eigenvalue weighted by molar-refractivity contribution is 8.07. The van der Waals surface area contributed by atoms with Crippen LogP contribution in [0.15, 0.2) is 12.3 Å². The minimum Gasteiger partial charge on any atom is -0.355 e. The summed E-state index contributed by atoms with van der Waals surface area (Å²) < 4.78 is 16.2. The van der Waals surface area contributed by atoms with E-state index in [-0.39, 0.29) is 25.0 Å². The average Bonchev–Trinajstić information content (AvgIpc) is 2.81. The van der Waals surface area contributed by atoms with E-state index in [1.165, 1.54) is 6.08 Å². The van der Waals surface area contributed by atoms with Crippen LogP contribution in [0.3, 0.4) is 0 Å². The van der Waals surface area contributed by atoms with Crippen LogP contribution >= 0.6 is 6.72 Å². The number of allylic oxidation sites excluding steroid dienone is 1. The third-order valence-corrected chi connectivity index (χ3v) is 4.44. The van der Waals surface area contributed by atoms with Gasteiger partial charge in [-0.25, -0.2) is 0 Å². The van der Waals surface area contributed by atoms with Crippen LogP contribution in [-0.4, -0.2) is 48.2 Å². The fourth-order valence-electron chi connectivity index (χ4n) is 1.85. The van der Waals surface area contributed by atoms with Crippen molar-refractivity contribution in [3.05, 3.63) is 12.3 Å². The van der Waals surface area contributed by atoms with Crippen LogP contribution in [0, 0.1) is 0 Å². The Morgan fingerprint density at radius 1 is 1.55 bits per heavy atom. The number of carbonyl (C=O) groups is 1. The lowest BCUT2D eigenvalue weighted by Crippen LogP contribution is -2.28. The minimum absolute atomic E-state index is 0.0950. The summed E-state index contributed by atoms with van der Waals surface area (Å²) in [6.07, 6.45) is 5.03. The lowest BCUT2D eigenvalue weighted by molar-refractivity contribution is -0.104. The molecule has 3 atom stereocenters. The maximum absolute atomic E-state index is 10.3. The van der Waals surface area contributed by atoms with Gasteiger partial charge in [-0.3, -0.25) is 4.79 Å². The molecule has 1 N–H and O–H groups in total. The molecule has 1 saturated heterocycles. The lowest BCUT2D eigenvalue weighted by atomic mass is 10.2. The molecule has 0 spiro atoms. The molecular formula is C12H22NO5PS. The Hall–Kier alpha value is -0.300. The Kier molecular flexibility index (Phi) is 7.29. The Labute approximate surface area is 124 Å². The molecule has 0 saturated carbocycles. The molecule has 1 aliphatic heterocycles. The zero-order chi connectivity index (χ0) is 15.2. The smallest absolute Gasteiger partial charge is 0.324 e. The maximum atomic E-state index is 10.3. The quantitative estimate of drug-likeness (QED) is 0.415. The van der Waals surface area contributed by atoms with Gasteiger partial charge in [0.05, 0.1) is 18.8 Å². The summed E-state index contributed by atoms with van der Waals surface area (Å²) in [7, 11) is 1.84. The van der Waals surface area contributed by atoms with Crippen molar-refractivity contribution in [3.63, 3.8) is 0 Å².